The van der Waals surface area contributed by atoms with Crippen molar-refractivity contribution in [3.05, 3.63) is 21.9 Å². The third-order valence-corrected chi connectivity index (χ3v) is 3.85. The number of hydrogen-bond acceptors (Lipinski definition) is 2. The van der Waals surface area contributed by atoms with E-state index in [-0.39, 0.29) is 0 Å². The lowest BCUT2D eigenvalue weighted by atomic mass is 10.4. The lowest BCUT2D eigenvalue weighted by molar-refractivity contribution is 1.19. The van der Waals surface area contributed by atoms with E-state index in [1.807, 2.05) is 23.1 Å². The standard InChI is InChI=1S/C9H14S2/c1-3-8-5-6-9(11-8)7-10-4-2/h5-6H,3-4,7H2,1-2H3. The average Bonchev–Trinajstić information content (AvgIpc) is 2.48. The molecule has 0 radical (unpaired) electrons. The van der Waals surface area contributed by atoms with Crippen molar-refractivity contribution in [3.8, 4) is 0 Å². The summed E-state index contributed by atoms with van der Waals surface area (Å²) in [5, 5.41) is 0. The van der Waals surface area contributed by atoms with Crippen molar-refractivity contribution in [3.63, 3.8) is 0 Å². The molecule has 0 aliphatic rings. The Morgan fingerprint density at radius 3 is 2.55 bits per heavy atom. The van der Waals surface area contributed by atoms with Crippen molar-refractivity contribution < 1.29 is 0 Å². The summed E-state index contributed by atoms with van der Waals surface area (Å²) in [6.07, 6.45) is 1.18. The van der Waals surface area contributed by atoms with Gasteiger partial charge in [0, 0.05) is 15.5 Å². The van der Waals surface area contributed by atoms with E-state index in [2.05, 4.69) is 26.0 Å². The fourth-order valence-electron chi connectivity index (χ4n) is 0.893. The molecule has 0 atom stereocenters. The van der Waals surface area contributed by atoms with Gasteiger partial charge in [-0.2, -0.15) is 11.8 Å². The molecule has 0 aliphatic heterocycles. The number of rotatable bonds is 4. The van der Waals surface area contributed by atoms with Crippen molar-refractivity contribution in [2.45, 2.75) is 26.0 Å². The van der Waals surface area contributed by atoms with E-state index in [1.165, 1.54) is 27.7 Å². The summed E-state index contributed by atoms with van der Waals surface area (Å²) < 4.78 is 0. The lowest BCUT2D eigenvalue weighted by Gasteiger charge is -1.92. The molecule has 0 spiro atoms. The Balaban J connectivity index is 2.44. The number of hydrogen-bond donors (Lipinski definition) is 0. The van der Waals surface area contributed by atoms with Crippen molar-refractivity contribution >= 4 is 23.1 Å². The summed E-state index contributed by atoms with van der Waals surface area (Å²) in [6.45, 7) is 4.42. The molecular weight excluding hydrogens is 172 g/mol. The molecule has 0 saturated heterocycles. The molecular formula is C9H14S2. The minimum atomic E-state index is 1.18. The number of thioether (sulfide) groups is 1. The van der Waals surface area contributed by atoms with Crippen LogP contribution in [0.5, 0.6) is 0 Å². The average molecular weight is 186 g/mol. The Morgan fingerprint density at radius 1 is 1.27 bits per heavy atom. The van der Waals surface area contributed by atoms with Gasteiger partial charge < -0.3 is 0 Å². The molecule has 0 fully saturated rings. The van der Waals surface area contributed by atoms with Crippen LogP contribution >= 0.6 is 23.1 Å². The van der Waals surface area contributed by atoms with E-state index < -0.39 is 0 Å². The van der Waals surface area contributed by atoms with Gasteiger partial charge in [0.2, 0.25) is 0 Å². The second-order valence-corrected chi connectivity index (χ2v) is 4.89. The molecule has 0 saturated carbocycles. The van der Waals surface area contributed by atoms with Crippen molar-refractivity contribution in [1.29, 1.82) is 0 Å². The van der Waals surface area contributed by atoms with E-state index in [0.29, 0.717) is 0 Å². The topological polar surface area (TPSA) is 0 Å². The normalized spacial score (nSPS) is 10.4. The Labute approximate surface area is 77.0 Å². The van der Waals surface area contributed by atoms with E-state index in [1.54, 1.807) is 0 Å². The van der Waals surface area contributed by atoms with Crippen molar-refractivity contribution in [2.24, 2.45) is 0 Å². The highest BCUT2D eigenvalue weighted by Gasteiger charge is 1.96. The van der Waals surface area contributed by atoms with Gasteiger partial charge in [0.15, 0.2) is 0 Å². The molecule has 2 heteroatoms. The Hall–Kier alpha value is 0.0500. The molecule has 1 aromatic rings. The summed E-state index contributed by atoms with van der Waals surface area (Å²) in [7, 11) is 0. The van der Waals surface area contributed by atoms with E-state index in [9.17, 15) is 0 Å². The minimum absolute atomic E-state index is 1.18. The lowest BCUT2D eigenvalue weighted by Crippen LogP contribution is -1.71. The minimum Gasteiger partial charge on any atom is -0.157 e. The molecule has 62 valence electrons. The van der Waals surface area contributed by atoms with E-state index in [0.717, 1.165) is 0 Å². The molecule has 0 aromatic carbocycles. The van der Waals surface area contributed by atoms with Crippen LogP contribution in [0, 0.1) is 0 Å². The summed E-state index contributed by atoms with van der Waals surface area (Å²) in [5.74, 6) is 2.42. The maximum Gasteiger partial charge on any atom is 0.0278 e. The first kappa shape index (κ1) is 9.14. The fraction of sp³-hybridized carbons (Fsp3) is 0.556. The van der Waals surface area contributed by atoms with Gasteiger partial charge in [0.05, 0.1) is 0 Å². The Morgan fingerprint density at radius 2 is 2.00 bits per heavy atom. The zero-order chi connectivity index (χ0) is 8.10. The van der Waals surface area contributed by atoms with Crippen LogP contribution in [0.3, 0.4) is 0 Å². The summed E-state index contributed by atoms with van der Waals surface area (Å²) in [4.78, 5) is 3.03. The molecule has 1 rings (SSSR count). The van der Waals surface area contributed by atoms with Gasteiger partial charge in [-0.15, -0.1) is 11.3 Å². The van der Waals surface area contributed by atoms with Crippen LogP contribution in [0.4, 0.5) is 0 Å². The van der Waals surface area contributed by atoms with Gasteiger partial charge in [-0.25, -0.2) is 0 Å². The van der Waals surface area contributed by atoms with Gasteiger partial charge in [-0.3, -0.25) is 0 Å². The van der Waals surface area contributed by atoms with Crippen LogP contribution in [0.1, 0.15) is 23.6 Å². The molecule has 0 N–H and O–H groups in total. The fourth-order valence-corrected chi connectivity index (χ4v) is 2.63. The van der Waals surface area contributed by atoms with Gasteiger partial charge >= 0.3 is 0 Å². The van der Waals surface area contributed by atoms with Crippen LogP contribution in [-0.2, 0) is 12.2 Å². The smallest absolute Gasteiger partial charge is 0.0278 e. The maximum absolute atomic E-state index is 2.26. The van der Waals surface area contributed by atoms with Crippen LogP contribution in [-0.4, -0.2) is 5.75 Å². The summed E-state index contributed by atoms with van der Waals surface area (Å²) >= 11 is 3.95. The van der Waals surface area contributed by atoms with Crippen LogP contribution < -0.4 is 0 Å². The second kappa shape index (κ2) is 4.83. The SMILES string of the molecule is CCSCc1ccc(CC)s1. The zero-order valence-corrected chi connectivity index (χ0v) is 8.73. The Kier molecular flexibility index (Phi) is 4.02. The van der Waals surface area contributed by atoms with Crippen molar-refractivity contribution in [1.82, 2.24) is 0 Å². The predicted octanol–water partition coefficient (Wildman–Crippen LogP) is 3.56. The molecule has 1 heterocycles. The molecule has 11 heavy (non-hydrogen) atoms. The highest BCUT2D eigenvalue weighted by molar-refractivity contribution is 7.98. The van der Waals surface area contributed by atoms with Crippen LogP contribution in [0.15, 0.2) is 12.1 Å². The molecule has 1 aromatic heterocycles. The monoisotopic (exact) mass is 186 g/mol. The first-order valence-electron chi connectivity index (χ1n) is 4.02. The number of thiophene rings is 1. The van der Waals surface area contributed by atoms with E-state index >= 15 is 0 Å². The number of aryl methyl sites for hydroxylation is 1. The summed E-state index contributed by atoms with van der Waals surface area (Å²) in [5.41, 5.74) is 0. The van der Waals surface area contributed by atoms with Crippen LogP contribution in [0.25, 0.3) is 0 Å². The van der Waals surface area contributed by atoms with Gasteiger partial charge in [0.25, 0.3) is 0 Å². The van der Waals surface area contributed by atoms with Gasteiger partial charge in [0.1, 0.15) is 0 Å². The third-order valence-electron chi connectivity index (χ3n) is 1.51. The quantitative estimate of drug-likeness (QED) is 0.693. The maximum atomic E-state index is 2.26. The molecule has 0 amide bonds. The first-order valence-corrected chi connectivity index (χ1v) is 5.99. The molecule has 0 unspecified atom stereocenters. The van der Waals surface area contributed by atoms with Gasteiger partial charge in [-0.1, -0.05) is 13.8 Å². The highest BCUT2D eigenvalue weighted by atomic mass is 32.2. The van der Waals surface area contributed by atoms with E-state index in [4.69, 9.17) is 0 Å². The Bertz CT molecular complexity index is 203. The molecule has 0 bridgehead atoms. The third kappa shape index (κ3) is 2.88. The molecule has 0 aliphatic carbocycles. The van der Waals surface area contributed by atoms with Crippen LogP contribution in [0.2, 0.25) is 0 Å². The van der Waals surface area contributed by atoms with Gasteiger partial charge in [-0.05, 0) is 24.3 Å². The zero-order valence-electron chi connectivity index (χ0n) is 7.09. The summed E-state index contributed by atoms with van der Waals surface area (Å²) in [6, 6.07) is 4.50. The molecule has 0 nitrogen and oxygen atoms in total. The predicted molar refractivity (Wildman–Crippen MR) is 55.5 cm³/mol. The highest BCUT2D eigenvalue weighted by Crippen LogP contribution is 2.21. The largest absolute Gasteiger partial charge is 0.157 e. The first-order chi connectivity index (χ1) is 5.36. The second-order valence-electron chi connectivity index (χ2n) is 2.36. The van der Waals surface area contributed by atoms with Crippen molar-refractivity contribution in [2.75, 3.05) is 5.75 Å².